The van der Waals surface area contributed by atoms with Crippen LogP contribution in [0.4, 0.5) is 0 Å². The lowest BCUT2D eigenvalue weighted by Crippen LogP contribution is -2.22. The van der Waals surface area contributed by atoms with E-state index < -0.39 is 5.97 Å². The van der Waals surface area contributed by atoms with Gasteiger partial charge in [-0.1, -0.05) is 12.1 Å². The molecule has 1 atom stereocenters. The van der Waals surface area contributed by atoms with Gasteiger partial charge in [-0.15, -0.1) is 0 Å². The highest BCUT2D eigenvalue weighted by Crippen LogP contribution is 2.18. The average molecular weight is 289 g/mol. The molecule has 0 aliphatic heterocycles. The molecule has 1 aromatic carbocycles. The Morgan fingerprint density at radius 1 is 1.38 bits per heavy atom. The van der Waals surface area contributed by atoms with Crippen LogP contribution in [-0.4, -0.2) is 24.8 Å². The lowest BCUT2D eigenvalue weighted by molar-refractivity contribution is 0.0696. The van der Waals surface area contributed by atoms with Crippen LogP contribution in [-0.2, 0) is 11.3 Å². The second-order valence-corrected chi connectivity index (χ2v) is 4.74. The number of aromatic carboxylic acids is 1. The minimum absolute atomic E-state index is 0.0356. The second-order valence-electron chi connectivity index (χ2n) is 4.74. The number of methoxy groups -OCH3 is 1. The van der Waals surface area contributed by atoms with Crippen LogP contribution in [0.25, 0.3) is 0 Å². The molecule has 5 nitrogen and oxygen atoms in total. The zero-order chi connectivity index (χ0) is 15.1. The molecule has 21 heavy (non-hydrogen) atoms. The van der Waals surface area contributed by atoms with Crippen molar-refractivity contribution in [2.24, 2.45) is 0 Å². The molecule has 0 fully saturated rings. The van der Waals surface area contributed by atoms with Gasteiger partial charge < -0.3 is 19.6 Å². The van der Waals surface area contributed by atoms with Gasteiger partial charge in [0.25, 0.3) is 0 Å². The van der Waals surface area contributed by atoms with E-state index in [0.29, 0.717) is 18.7 Å². The number of ether oxygens (including phenoxy) is 1. The van der Waals surface area contributed by atoms with Gasteiger partial charge in [0, 0.05) is 20.3 Å². The molecule has 2 rings (SSSR count). The lowest BCUT2D eigenvalue weighted by Gasteiger charge is -2.16. The third-order valence-electron chi connectivity index (χ3n) is 3.22. The van der Waals surface area contributed by atoms with E-state index in [1.54, 1.807) is 31.6 Å². The van der Waals surface area contributed by atoms with Crippen LogP contribution in [0.1, 0.15) is 34.1 Å². The van der Waals surface area contributed by atoms with E-state index >= 15 is 0 Å². The Labute approximate surface area is 123 Å². The number of hydrogen-bond acceptors (Lipinski definition) is 4. The van der Waals surface area contributed by atoms with Crippen LogP contribution < -0.4 is 5.32 Å². The SMILES string of the molecule is COCCC(NCc1cccc(C(=O)O)c1)c1ccco1. The molecular weight excluding hydrogens is 270 g/mol. The molecule has 0 aliphatic rings. The highest BCUT2D eigenvalue weighted by Gasteiger charge is 2.14. The second kappa shape index (κ2) is 7.61. The first-order valence-corrected chi connectivity index (χ1v) is 6.78. The summed E-state index contributed by atoms with van der Waals surface area (Å²) in [5, 5.41) is 12.4. The third kappa shape index (κ3) is 4.44. The van der Waals surface area contributed by atoms with Gasteiger partial charge in [-0.25, -0.2) is 4.79 Å². The van der Waals surface area contributed by atoms with E-state index in [4.69, 9.17) is 14.3 Å². The Morgan fingerprint density at radius 2 is 2.24 bits per heavy atom. The molecule has 0 amide bonds. The molecule has 2 N–H and O–H groups in total. The molecule has 2 aromatic rings. The van der Waals surface area contributed by atoms with Crippen molar-refractivity contribution in [1.29, 1.82) is 0 Å². The quantitative estimate of drug-likeness (QED) is 0.782. The highest BCUT2D eigenvalue weighted by atomic mass is 16.5. The Morgan fingerprint density at radius 3 is 2.90 bits per heavy atom. The topological polar surface area (TPSA) is 71.7 Å². The molecule has 0 spiro atoms. The van der Waals surface area contributed by atoms with Crippen LogP contribution in [0.2, 0.25) is 0 Å². The van der Waals surface area contributed by atoms with Crippen LogP contribution in [0.15, 0.2) is 47.1 Å². The predicted molar refractivity (Wildman–Crippen MR) is 78.2 cm³/mol. The Kier molecular flexibility index (Phi) is 5.54. The molecular formula is C16H19NO4. The van der Waals surface area contributed by atoms with Crippen molar-refractivity contribution in [3.63, 3.8) is 0 Å². The molecule has 1 unspecified atom stereocenters. The fourth-order valence-corrected chi connectivity index (χ4v) is 2.13. The van der Waals surface area contributed by atoms with Crippen molar-refractivity contribution in [3.8, 4) is 0 Å². The van der Waals surface area contributed by atoms with Gasteiger partial charge in [0.1, 0.15) is 5.76 Å². The molecule has 0 radical (unpaired) electrons. The van der Waals surface area contributed by atoms with E-state index in [2.05, 4.69) is 5.32 Å². The maximum absolute atomic E-state index is 11.0. The van der Waals surface area contributed by atoms with E-state index in [-0.39, 0.29) is 6.04 Å². The lowest BCUT2D eigenvalue weighted by atomic mass is 10.1. The number of carboxylic acids is 1. The Bertz CT molecular complexity index is 565. The smallest absolute Gasteiger partial charge is 0.335 e. The van der Waals surface area contributed by atoms with Crippen molar-refractivity contribution >= 4 is 5.97 Å². The molecule has 1 heterocycles. The fraction of sp³-hybridized carbons (Fsp3) is 0.312. The normalized spacial score (nSPS) is 12.2. The first-order valence-electron chi connectivity index (χ1n) is 6.78. The molecule has 0 saturated heterocycles. The Balaban J connectivity index is 2.01. The maximum Gasteiger partial charge on any atom is 0.335 e. The zero-order valence-electron chi connectivity index (χ0n) is 11.9. The number of furan rings is 1. The van der Waals surface area contributed by atoms with Crippen LogP contribution >= 0.6 is 0 Å². The molecule has 5 heteroatoms. The van der Waals surface area contributed by atoms with Crippen LogP contribution in [0, 0.1) is 0 Å². The number of nitrogens with one attached hydrogen (secondary N) is 1. The predicted octanol–water partition coefficient (Wildman–Crippen LogP) is 2.85. The number of carboxylic acid groups (broad SMARTS) is 1. The Hall–Kier alpha value is -2.11. The summed E-state index contributed by atoms with van der Waals surface area (Å²) in [5.41, 5.74) is 1.21. The summed E-state index contributed by atoms with van der Waals surface area (Å²) >= 11 is 0. The van der Waals surface area contributed by atoms with Crippen molar-refractivity contribution in [2.75, 3.05) is 13.7 Å². The summed E-state index contributed by atoms with van der Waals surface area (Å²) in [6.45, 7) is 1.18. The molecule has 0 saturated carbocycles. The summed E-state index contributed by atoms with van der Waals surface area (Å²) in [6.07, 6.45) is 2.42. The van der Waals surface area contributed by atoms with Crippen LogP contribution in [0.3, 0.4) is 0 Å². The summed E-state index contributed by atoms with van der Waals surface area (Å²) in [5.74, 6) is -0.0692. The number of benzene rings is 1. The standard InChI is InChI=1S/C16H19NO4/c1-20-9-7-14(15-6-3-8-21-15)17-11-12-4-2-5-13(10-12)16(18)19/h2-6,8,10,14,17H,7,9,11H2,1H3,(H,18,19). The van der Waals surface area contributed by atoms with Crippen LogP contribution in [0.5, 0.6) is 0 Å². The largest absolute Gasteiger partial charge is 0.478 e. The number of rotatable bonds is 8. The summed E-state index contributed by atoms with van der Waals surface area (Å²) in [7, 11) is 1.66. The van der Waals surface area contributed by atoms with E-state index in [1.165, 1.54) is 0 Å². The summed E-state index contributed by atoms with van der Waals surface area (Å²) in [6, 6.07) is 10.7. The molecule has 0 bridgehead atoms. The minimum Gasteiger partial charge on any atom is -0.478 e. The number of hydrogen-bond donors (Lipinski definition) is 2. The number of carbonyl (C=O) groups is 1. The van der Waals surface area contributed by atoms with Gasteiger partial charge in [0.05, 0.1) is 17.9 Å². The maximum atomic E-state index is 11.0. The van der Waals surface area contributed by atoms with Gasteiger partial charge in [0.2, 0.25) is 0 Å². The summed E-state index contributed by atoms with van der Waals surface area (Å²) < 4.78 is 10.5. The van der Waals surface area contributed by atoms with E-state index in [0.717, 1.165) is 17.7 Å². The minimum atomic E-state index is -0.918. The summed E-state index contributed by atoms with van der Waals surface area (Å²) in [4.78, 5) is 11.0. The highest BCUT2D eigenvalue weighted by molar-refractivity contribution is 5.87. The first-order chi connectivity index (χ1) is 10.2. The monoisotopic (exact) mass is 289 g/mol. The van der Waals surface area contributed by atoms with Crippen molar-refractivity contribution < 1.29 is 19.1 Å². The van der Waals surface area contributed by atoms with Gasteiger partial charge in [-0.2, -0.15) is 0 Å². The molecule has 1 aromatic heterocycles. The first kappa shape index (κ1) is 15.3. The molecule has 112 valence electrons. The average Bonchev–Trinajstić information content (AvgIpc) is 3.02. The molecule has 0 aliphatic carbocycles. The third-order valence-corrected chi connectivity index (χ3v) is 3.22. The van der Waals surface area contributed by atoms with Gasteiger partial charge in [-0.05, 0) is 36.2 Å². The fourth-order valence-electron chi connectivity index (χ4n) is 2.13. The van der Waals surface area contributed by atoms with Gasteiger partial charge in [0.15, 0.2) is 0 Å². The van der Waals surface area contributed by atoms with Gasteiger partial charge in [-0.3, -0.25) is 0 Å². The van der Waals surface area contributed by atoms with Crippen molar-refractivity contribution in [2.45, 2.75) is 19.0 Å². The van der Waals surface area contributed by atoms with Gasteiger partial charge >= 0.3 is 5.97 Å². The van der Waals surface area contributed by atoms with Crippen molar-refractivity contribution in [3.05, 3.63) is 59.5 Å². The van der Waals surface area contributed by atoms with E-state index in [1.807, 2.05) is 18.2 Å². The van der Waals surface area contributed by atoms with Crippen molar-refractivity contribution in [1.82, 2.24) is 5.32 Å². The zero-order valence-corrected chi connectivity index (χ0v) is 11.9. The van der Waals surface area contributed by atoms with E-state index in [9.17, 15) is 4.79 Å².